The standard InChI is InChI=1S/C15H21N5O2.2C5H8.C4H8.C2H6/c1-10(20-14(22)8-21)3-2-4-11-7-12(5-6-13(11)17)15(18)19-9-16;1-4-5(2)3;1-3-5-4-2;1-3-4-2;1-2/h3,5-7,9,21H,2,4,8,17H2,1H3,(H,20,22)(H3,16,18,19);4H,1-2H2,3H3;3-5H,1H2,2H3;3-4H,1-2H3;1-2H3/b10-3+;;5-4-;4-3-;. The Bertz CT molecular complexity index is 922. The molecule has 0 aromatic heterocycles. The number of amidine groups is 1. The summed E-state index contributed by atoms with van der Waals surface area (Å²) in [5.74, 6) is -0.177. The number of carbonyl (C=O) groups is 1. The number of hydrogen-bond donors (Lipinski definition) is 5. The van der Waals surface area contributed by atoms with Crippen LogP contribution in [0.25, 0.3) is 0 Å². The molecule has 7 heteroatoms. The predicted molar refractivity (Wildman–Crippen MR) is 170 cm³/mol. The lowest BCUT2D eigenvalue weighted by Crippen LogP contribution is -2.24. The van der Waals surface area contributed by atoms with Gasteiger partial charge in [0.1, 0.15) is 18.8 Å². The van der Waals surface area contributed by atoms with Crippen LogP contribution in [0.1, 0.15) is 66.0 Å². The van der Waals surface area contributed by atoms with E-state index in [4.69, 9.17) is 22.0 Å². The zero-order valence-corrected chi connectivity index (χ0v) is 24.6. The summed E-state index contributed by atoms with van der Waals surface area (Å²) >= 11 is 0. The molecule has 0 saturated carbocycles. The molecule has 0 saturated heterocycles. The van der Waals surface area contributed by atoms with Crippen LogP contribution < -0.4 is 16.8 Å². The van der Waals surface area contributed by atoms with E-state index in [1.165, 1.54) is 0 Å². The SMILES string of the molecule is C/C(=C\CCc1cc(C(N)=NC=N)ccc1N)NC(=O)CO.C/C=C\C.C=C/C=C\C.C=CC(=C)C.CC. The Morgan fingerprint density at radius 1 is 1.13 bits per heavy atom. The van der Waals surface area contributed by atoms with Crippen LogP contribution in [0, 0.1) is 5.41 Å². The number of rotatable bonds is 9. The highest BCUT2D eigenvalue weighted by molar-refractivity contribution is 6.01. The topological polar surface area (TPSA) is 138 Å². The number of nitrogens with one attached hydrogen (secondary N) is 2. The number of aliphatic imine (C=N–C) groups is 1. The molecule has 0 aliphatic heterocycles. The lowest BCUT2D eigenvalue weighted by Gasteiger charge is -2.08. The molecule has 0 spiro atoms. The first-order valence-corrected chi connectivity index (χ1v) is 12.5. The van der Waals surface area contributed by atoms with Crippen LogP contribution in [-0.4, -0.2) is 29.8 Å². The highest BCUT2D eigenvalue weighted by Crippen LogP contribution is 2.16. The Hall–Kier alpha value is -3.97. The number of carbonyl (C=O) groups excluding carboxylic acids is 1. The molecule has 1 aromatic carbocycles. The minimum absolute atomic E-state index is 0.262. The van der Waals surface area contributed by atoms with E-state index >= 15 is 0 Å². The number of aliphatic hydroxyl groups excluding tert-OH is 1. The van der Waals surface area contributed by atoms with Crippen molar-refractivity contribution < 1.29 is 9.90 Å². The van der Waals surface area contributed by atoms with E-state index in [0.29, 0.717) is 29.8 Å². The van der Waals surface area contributed by atoms with Crippen LogP contribution in [0.2, 0.25) is 0 Å². The maximum atomic E-state index is 11.0. The zero-order chi connectivity index (χ0) is 30.4. The van der Waals surface area contributed by atoms with Crippen LogP contribution in [0.4, 0.5) is 5.69 Å². The maximum Gasteiger partial charge on any atom is 0.249 e. The fourth-order valence-electron chi connectivity index (χ4n) is 2.02. The van der Waals surface area contributed by atoms with Gasteiger partial charge in [-0.25, -0.2) is 4.99 Å². The van der Waals surface area contributed by atoms with Crippen LogP contribution in [0.3, 0.4) is 0 Å². The molecular weight excluding hydrogens is 474 g/mol. The second-order valence-electron chi connectivity index (χ2n) is 7.17. The largest absolute Gasteiger partial charge is 0.399 e. The summed E-state index contributed by atoms with van der Waals surface area (Å²) in [6, 6.07) is 5.35. The van der Waals surface area contributed by atoms with Gasteiger partial charge < -0.3 is 21.9 Å². The average Bonchev–Trinajstić information content (AvgIpc) is 2.92. The lowest BCUT2D eigenvalue weighted by atomic mass is 10.0. The van der Waals surface area contributed by atoms with Gasteiger partial charge in [-0.15, -0.1) is 0 Å². The predicted octanol–water partition coefficient (Wildman–Crippen LogP) is 6.63. The van der Waals surface area contributed by atoms with Gasteiger partial charge in [0, 0.05) is 16.9 Å². The number of anilines is 1. The number of hydrogen-bond acceptors (Lipinski definition) is 4. The molecule has 0 fully saturated rings. The van der Waals surface area contributed by atoms with Gasteiger partial charge >= 0.3 is 0 Å². The van der Waals surface area contributed by atoms with Crippen LogP contribution >= 0.6 is 0 Å². The number of nitrogens with two attached hydrogens (primary N) is 2. The van der Waals surface area contributed by atoms with Crippen molar-refractivity contribution in [3.8, 4) is 0 Å². The fraction of sp³-hybridized carbons (Fsp3) is 0.323. The van der Waals surface area contributed by atoms with Gasteiger partial charge in [-0.1, -0.05) is 81.7 Å². The van der Waals surface area contributed by atoms with Crippen molar-refractivity contribution in [2.75, 3.05) is 12.3 Å². The zero-order valence-electron chi connectivity index (χ0n) is 24.6. The van der Waals surface area contributed by atoms with Gasteiger partial charge in [0.15, 0.2) is 0 Å². The van der Waals surface area contributed by atoms with Crippen molar-refractivity contribution in [2.24, 2.45) is 10.7 Å². The van der Waals surface area contributed by atoms with Gasteiger partial charge in [0.2, 0.25) is 5.91 Å². The summed E-state index contributed by atoms with van der Waals surface area (Å²) in [5.41, 5.74) is 15.7. The Labute approximate surface area is 231 Å². The van der Waals surface area contributed by atoms with E-state index in [1.807, 2.05) is 78.0 Å². The second-order valence-corrected chi connectivity index (χ2v) is 7.17. The molecule has 1 rings (SSSR count). The first kappa shape index (κ1) is 41.2. The summed E-state index contributed by atoms with van der Waals surface area (Å²) in [6.45, 7) is 23.6. The third-order valence-electron chi connectivity index (χ3n) is 4.00. The quantitative estimate of drug-likeness (QED) is 0.0812. The van der Waals surface area contributed by atoms with Crippen LogP contribution in [0.5, 0.6) is 0 Å². The Morgan fingerprint density at radius 3 is 2.05 bits per heavy atom. The molecule has 0 aliphatic carbocycles. The molecule has 0 heterocycles. The highest BCUT2D eigenvalue weighted by atomic mass is 16.3. The van der Waals surface area contributed by atoms with Crippen molar-refractivity contribution >= 4 is 23.8 Å². The number of allylic oxidation sites excluding steroid dienone is 9. The number of aryl methyl sites for hydroxylation is 1. The van der Waals surface area contributed by atoms with Gasteiger partial charge in [0.25, 0.3) is 0 Å². The molecule has 0 atom stereocenters. The van der Waals surface area contributed by atoms with E-state index in [-0.39, 0.29) is 5.84 Å². The third-order valence-corrected chi connectivity index (χ3v) is 4.00. The van der Waals surface area contributed by atoms with E-state index in [9.17, 15) is 4.79 Å². The average molecular weight is 526 g/mol. The van der Waals surface area contributed by atoms with Gasteiger partial charge in [-0.2, -0.15) is 0 Å². The van der Waals surface area contributed by atoms with Crippen molar-refractivity contribution in [1.29, 1.82) is 5.41 Å². The van der Waals surface area contributed by atoms with Gasteiger partial charge in [0.05, 0.1) is 0 Å². The molecular formula is C31H51N5O2. The van der Waals surface area contributed by atoms with Crippen molar-refractivity contribution in [3.63, 3.8) is 0 Å². The molecule has 212 valence electrons. The first-order chi connectivity index (χ1) is 18.1. The Balaban J connectivity index is -0.000000295. The number of nitrogens with zero attached hydrogens (tertiary/aromatic N) is 1. The molecule has 7 N–H and O–H groups in total. The van der Waals surface area contributed by atoms with Crippen molar-refractivity contribution in [2.45, 2.75) is 61.3 Å². The molecule has 0 aliphatic rings. The van der Waals surface area contributed by atoms with E-state index < -0.39 is 12.5 Å². The van der Waals surface area contributed by atoms with Crippen molar-refractivity contribution in [3.05, 3.63) is 103 Å². The Kier molecular flexibility index (Phi) is 33.7. The van der Waals surface area contributed by atoms with Gasteiger partial charge in [-0.05, 0) is 71.2 Å². The molecule has 1 amide bonds. The number of aliphatic hydroxyl groups is 1. The molecule has 0 unspecified atom stereocenters. The summed E-state index contributed by atoms with van der Waals surface area (Å²) in [4.78, 5) is 14.8. The minimum atomic E-state index is -0.536. The van der Waals surface area contributed by atoms with E-state index in [0.717, 1.165) is 17.5 Å². The minimum Gasteiger partial charge on any atom is -0.399 e. The lowest BCUT2D eigenvalue weighted by molar-refractivity contribution is -0.123. The number of nitrogen functional groups attached to an aromatic ring is 1. The molecule has 0 radical (unpaired) electrons. The van der Waals surface area contributed by atoms with Crippen LogP contribution in [0.15, 0.2) is 96.7 Å². The summed E-state index contributed by atoms with van der Waals surface area (Å²) < 4.78 is 0. The summed E-state index contributed by atoms with van der Waals surface area (Å²) in [7, 11) is 0. The smallest absolute Gasteiger partial charge is 0.249 e. The number of amides is 1. The Morgan fingerprint density at radius 2 is 1.68 bits per heavy atom. The monoisotopic (exact) mass is 525 g/mol. The normalized spacial score (nSPS) is 10.2. The maximum absolute atomic E-state index is 11.0. The highest BCUT2D eigenvalue weighted by Gasteiger charge is 2.04. The molecule has 7 nitrogen and oxygen atoms in total. The number of benzene rings is 1. The first-order valence-electron chi connectivity index (χ1n) is 12.5. The third kappa shape index (κ3) is 28.3. The second kappa shape index (κ2) is 31.1. The molecule has 1 aromatic rings. The van der Waals surface area contributed by atoms with E-state index in [1.54, 1.807) is 31.2 Å². The fourth-order valence-corrected chi connectivity index (χ4v) is 2.02. The summed E-state index contributed by atoms with van der Waals surface area (Å²) in [5, 5.41) is 18.1. The summed E-state index contributed by atoms with van der Waals surface area (Å²) in [6.07, 6.45) is 15.4. The van der Waals surface area contributed by atoms with Crippen molar-refractivity contribution in [1.82, 2.24) is 5.32 Å². The molecule has 38 heavy (non-hydrogen) atoms. The van der Waals surface area contributed by atoms with Gasteiger partial charge in [-0.3, -0.25) is 10.2 Å². The molecule has 0 bridgehead atoms. The van der Waals surface area contributed by atoms with E-state index in [2.05, 4.69) is 30.0 Å². The van der Waals surface area contributed by atoms with Crippen LogP contribution in [-0.2, 0) is 11.2 Å².